The van der Waals surface area contributed by atoms with Crippen LogP contribution < -0.4 is 10.1 Å². The van der Waals surface area contributed by atoms with Gasteiger partial charge in [-0.15, -0.1) is 5.10 Å². The first-order valence-electron chi connectivity index (χ1n) is 20.2. The third kappa shape index (κ3) is 9.15. The van der Waals surface area contributed by atoms with Crippen LogP contribution in [0.3, 0.4) is 0 Å². The van der Waals surface area contributed by atoms with Gasteiger partial charge in [0.2, 0.25) is 0 Å². The maximum Gasteiger partial charge on any atom is 0.312 e. The summed E-state index contributed by atoms with van der Waals surface area (Å²) in [4.78, 5) is 42.4. The molecule has 6 rings (SSSR count). The summed E-state index contributed by atoms with van der Waals surface area (Å²) in [6.07, 6.45) is 9.29. The Morgan fingerprint density at radius 1 is 0.933 bits per heavy atom. The van der Waals surface area contributed by atoms with Crippen molar-refractivity contribution < 1.29 is 58.9 Å². The van der Waals surface area contributed by atoms with Gasteiger partial charge in [0.25, 0.3) is 11.7 Å². The van der Waals surface area contributed by atoms with Crippen LogP contribution in [0.15, 0.2) is 46.3 Å². The van der Waals surface area contributed by atoms with Crippen LogP contribution in [0.1, 0.15) is 89.2 Å². The second kappa shape index (κ2) is 18.9. The lowest BCUT2D eigenvalue weighted by atomic mass is 9.78. The Morgan fingerprint density at radius 3 is 2.27 bits per heavy atom. The van der Waals surface area contributed by atoms with E-state index < -0.39 is 88.8 Å². The first-order chi connectivity index (χ1) is 28.3. The average molecular weight is 835 g/mol. The fraction of sp³-hybridized carbons (Fsp3) is 0.523. The minimum absolute atomic E-state index is 0.0408. The number of allylic oxidation sites excluding steroid dienone is 2. The lowest BCUT2D eigenvalue weighted by Crippen LogP contribution is -2.46. The molecule has 0 saturated carbocycles. The number of ketones is 1. The largest absolute Gasteiger partial charge is 0.507 e. The summed E-state index contributed by atoms with van der Waals surface area (Å²) < 4.78 is 23.6. The van der Waals surface area contributed by atoms with E-state index >= 15 is 0 Å². The smallest absolute Gasteiger partial charge is 0.312 e. The van der Waals surface area contributed by atoms with Gasteiger partial charge in [-0.2, -0.15) is 5.10 Å². The number of fused-ring (bicyclic) bond motifs is 14. The SMILES string of the molecule is COC1C=COC2(C)Oc3c(C)c(O)c4c(O)c(c(/C=N/N=CN5CCCCC5)c(O)c4c3C2=O)NC(=O)C(C)=CC=CC(C)C(O)C(C)C(O)C(C)C(OC(C)=O)C1C. The molecule has 4 aliphatic rings. The first kappa shape index (κ1) is 45.6. The number of ether oxygens (including phenoxy) is 4. The molecule has 6 N–H and O–H groups in total. The topological polar surface area (TPSA) is 229 Å². The molecule has 0 radical (unpaired) electrons. The van der Waals surface area contributed by atoms with E-state index in [9.17, 15) is 39.9 Å². The molecule has 0 spiro atoms. The van der Waals surface area contributed by atoms with Crippen LogP contribution in [0.2, 0.25) is 0 Å². The molecule has 2 aromatic rings. The Morgan fingerprint density at radius 2 is 1.62 bits per heavy atom. The molecule has 1 fully saturated rings. The molecule has 60 heavy (non-hydrogen) atoms. The number of phenolic OH excluding ortho intramolecular Hbond substituents is 3. The molecule has 4 aliphatic heterocycles. The van der Waals surface area contributed by atoms with Crippen molar-refractivity contribution in [2.45, 2.75) is 105 Å². The number of benzene rings is 2. The van der Waals surface area contributed by atoms with E-state index in [2.05, 4.69) is 15.5 Å². The van der Waals surface area contributed by atoms with Crippen molar-refractivity contribution in [1.82, 2.24) is 4.90 Å². The predicted octanol–water partition coefficient (Wildman–Crippen LogP) is 5.60. The van der Waals surface area contributed by atoms with Crippen LogP contribution in [0.25, 0.3) is 10.8 Å². The zero-order chi connectivity index (χ0) is 44.2. The molecule has 0 aliphatic carbocycles. The van der Waals surface area contributed by atoms with Crippen molar-refractivity contribution in [3.63, 3.8) is 0 Å². The van der Waals surface area contributed by atoms with Crippen LogP contribution >= 0.6 is 0 Å². The van der Waals surface area contributed by atoms with Gasteiger partial charge >= 0.3 is 11.8 Å². The molecule has 1 amide bonds. The molecule has 0 aromatic heterocycles. The van der Waals surface area contributed by atoms with E-state index in [0.717, 1.165) is 38.6 Å². The number of nitrogens with zero attached hydrogens (tertiary/aromatic N) is 3. The number of anilines is 1. The van der Waals surface area contributed by atoms with Crippen molar-refractivity contribution in [2.75, 3.05) is 25.5 Å². The van der Waals surface area contributed by atoms with Crippen molar-refractivity contribution in [3.05, 3.63) is 52.8 Å². The average Bonchev–Trinajstić information content (AvgIpc) is 3.48. The summed E-state index contributed by atoms with van der Waals surface area (Å²) in [5.41, 5.74) is -0.544. The number of piperidine rings is 1. The zero-order valence-corrected chi connectivity index (χ0v) is 35.6. The lowest BCUT2D eigenvalue weighted by molar-refractivity contribution is -0.160. The van der Waals surface area contributed by atoms with Crippen molar-refractivity contribution in [3.8, 4) is 23.0 Å². The number of methoxy groups -OCH3 is 1. The van der Waals surface area contributed by atoms with Crippen LogP contribution in [0.4, 0.5) is 5.69 Å². The quantitative estimate of drug-likeness (QED) is 0.0539. The third-order valence-electron chi connectivity index (χ3n) is 11.9. The molecular weight excluding hydrogens is 776 g/mol. The molecule has 9 unspecified atom stereocenters. The first-order valence-corrected chi connectivity index (χ1v) is 20.2. The van der Waals surface area contributed by atoms with E-state index in [1.54, 1.807) is 46.2 Å². The van der Waals surface area contributed by atoms with Crippen LogP contribution in [0, 0.1) is 30.6 Å². The van der Waals surface area contributed by atoms with E-state index in [1.165, 1.54) is 53.2 Å². The fourth-order valence-corrected chi connectivity index (χ4v) is 8.10. The summed E-state index contributed by atoms with van der Waals surface area (Å²) >= 11 is 0. The number of aliphatic hydroxyl groups excluding tert-OH is 2. The number of hydrogen-bond acceptors (Lipinski definition) is 14. The van der Waals surface area contributed by atoms with Gasteiger partial charge in [0.1, 0.15) is 29.7 Å². The molecule has 4 heterocycles. The second-order valence-electron chi connectivity index (χ2n) is 16.2. The number of likely N-dealkylation sites (tertiary alicyclic amines) is 1. The van der Waals surface area contributed by atoms with E-state index in [4.69, 9.17) is 18.9 Å². The number of aliphatic hydroxyl groups is 2. The number of rotatable bonds is 5. The number of nitrogens with one attached hydrogen (secondary N) is 1. The molecule has 16 heteroatoms. The van der Waals surface area contributed by atoms with E-state index in [1.807, 2.05) is 4.90 Å². The fourth-order valence-electron chi connectivity index (χ4n) is 8.10. The highest BCUT2D eigenvalue weighted by atomic mass is 16.7. The highest BCUT2D eigenvalue weighted by Gasteiger charge is 2.50. The van der Waals surface area contributed by atoms with Gasteiger partial charge in [0, 0.05) is 74.2 Å². The van der Waals surface area contributed by atoms with Gasteiger partial charge in [0.15, 0.2) is 5.75 Å². The van der Waals surface area contributed by atoms with Crippen molar-refractivity contribution >= 4 is 46.7 Å². The summed E-state index contributed by atoms with van der Waals surface area (Å²) in [7, 11) is 1.43. The lowest BCUT2D eigenvalue weighted by Gasteiger charge is -2.38. The second-order valence-corrected chi connectivity index (χ2v) is 16.2. The minimum Gasteiger partial charge on any atom is -0.507 e. The maximum absolute atomic E-state index is 14.4. The molecule has 1 saturated heterocycles. The Bertz CT molecular complexity index is 2120. The highest BCUT2D eigenvalue weighted by Crippen LogP contribution is 2.55. The van der Waals surface area contributed by atoms with Crippen LogP contribution in [0.5, 0.6) is 23.0 Å². The molecule has 5 bridgehead atoms. The summed E-state index contributed by atoms with van der Waals surface area (Å²) in [5.74, 6) is -8.56. The Balaban J connectivity index is 1.69. The van der Waals surface area contributed by atoms with Gasteiger partial charge in [-0.1, -0.05) is 45.9 Å². The van der Waals surface area contributed by atoms with Gasteiger partial charge in [-0.05, 0) is 39.2 Å². The highest BCUT2D eigenvalue weighted by molar-refractivity contribution is 6.23. The zero-order valence-electron chi connectivity index (χ0n) is 35.6. The monoisotopic (exact) mass is 834 g/mol. The Hall–Kier alpha value is -5.45. The number of phenols is 3. The molecule has 326 valence electrons. The molecular formula is C44H58N4O12. The van der Waals surface area contributed by atoms with Crippen molar-refractivity contribution in [1.29, 1.82) is 0 Å². The van der Waals surface area contributed by atoms with Gasteiger partial charge in [-0.25, -0.2) is 0 Å². The Kier molecular flexibility index (Phi) is 14.3. The van der Waals surface area contributed by atoms with Crippen LogP contribution in [-0.2, 0) is 23.8 Å². The van der Waals surface area contributed by atoms with Gasteiger partial charge in [0.05, 0.1) is 53.0 Å². The minimum atomic E-state index is -2.06. The number of hydrogen-bond donors (Lipinski definition) is 6. The number of carbonyl (C=O) groups is 3. The van der Waals surface area contributed by atoms with E-state index in [0.29, 0.717) is 0 Å². The summed E-state index contributed by atoms with van der Waals surface area (Å²) in [5, 5.41) is 68.6. The standard InChI is InChI=1S/C44H58N4O12/c1-22-14-13-15-23(2)43(56)47-34-29(20-45-46-21-48-17-11-10-12-18-48)38(53)31-32(39(34)54)37(52)27(6)41-33(31)42(55)44(8,60-41)58-19-16-30(57-9)24(3)40(59-28(7)49)26(5)36(51)25(4)35(22)50/h13-16,19-22,24-26,30,35-36,40,50-54H,10-12,17-18H2,1-9H3,(H,47,56)/b14-13?,19-16?,23-15?,45-20+,46-21?. The number of amides is 1. The van der Waals surface area contributed by atoms with Crippen LogP contribution in [-0.4, -0.2) is 111 Å². The number of Topliss-reactive ketones (excluding diaryl/α,β-unsaturated/α-hetero) is 1. The third-order valence-corrected chi connectivity index (χ3v) is 11.9. The number of aromatic hydroxyl groups is 3. The summed E-state index contributed by atoms with van der Waals surface area (Å²) in [6.45, 7) is 14.1. The normalized spacial score (nSPS) is 29.6. The van der Waals surface area contributed by atoms with Crippen molar-refractivity contribution in [2.24, 2.45) is 33.9 Å². The van der Waals surface area contributed by atoms with E-state index in [-0.39, 0.29) is 44.5 Å². The summed E-state index contributed by atoms with van der Waals surface area (Å²) in [6, 6.07) is 0. The number of esters is 1. The predicted molar refractivity (Wildman–Crippen MR) is 225 cm³/mol. The number of carbonyl (C=O) groups excluding carboxylic acids is 3. The van der Waals surface area contributed by atoms with Gasteiger partial charge in [-0.3, -0.25) is 14.4 Å². The molecule has 16 nitrogen and oxygen atoms in total. The molecule has 9 atom stereocenters. The molecule has 2 aromatic carbocycles. The maximum atomic E-state index is 14.4. The Labute approximate surface area is 349 Å². The van der Waals surface area contributed by atoms with Gasteiger partial charge < -0.3 is 54.7 Å².